The van der Waals surface area contributed by atoms with E-state index in [1.165, 1.54) is 14.7 Å². The third-order valence-electron chi connectivity index (χ3n) is 5.19. The topological polar surface area (TPSA) is 64.3 Å². The number of nitrogens with one attached hydrogen (secondary N) is 3. The monoisotopic (exact) mass is 381 g/mol. The maximum absolute atomic E-state index is 12.6. The highest BCUT2D eigenvalue weighted by molar-refractivity contribution is 7.17. The van der Waals surface area contributed by atoms with Crippen molar-refractivity contribution < 1.29 is 24.1 Å². The highest BCUT2D eigenvalue weighted by atomic mass is 32.1. The number of esters is 1. The van der Waals surface area contributed by atoms with Gasteiger partial charge in [-0.2, -0.15) is 0 Å². The molecule has 0 atom stereocenters. The third-order valence-corrected chi connectivity index (χ3v) is 6.40. The Morgan fingerprint density at radius 3 is 2.54 bits per heavy atom. The van der Waals surface area contributed by atoms with Crippen molar-refractivity contribution in [1.29, 1.82) is 0 Å². The number of fused-ring (bicyclic) bond motifs is 1. The molecule has 1 fully saturated rings. The van der Waals surface area contributed by atoms with Gasteiger partial charge in [-0.05, 0) is 45.1 Å². The van der Waals surface area contributed by atoms with Crippen LogP contribution >= 0.6 is 11.3 Å². The van der Waals surface area contributed by atoms with Gasteiger partial charge in [-0.25, -0.2) is 4.79 Å². The Morgan fingerprint density at radius 1 is 1.15 bits per heavy atom. The van der Waals surface area contributed by atoms with E-state index in [1.54, 1.807) is 11.3 Å². The van der Waals surface area contributed by atoms with Crippen LogP contribution in [0, 0.1) is 0 Å². The van der Waals surface area contributed by atoms with Crippen molar-refractivity contribution in [3.05, 3.63) is 16.0 Å². The lowest BCUT2D eigenvalue weighted by atomic mass is 9.95. The summed E-state index contributed by atoms with van der Waals surface area (Å²) in [5.74, 6) is -0.304. The number of piperazine rings is 1. The molecule has 1 aliphatic heterocycles. The Kier molecular flexibility index (Phi) is 6.32. The fourth-order valence-corrected chi connectivity index (χ4v) is 5.04. The van der Waals surface area contributed by atoms with Gasteiger partial charge in [0.05, 0.1) is 18.7 Å². The maximum atomic E-state index is 12.6. The lowest BCUT2D eigenvalue weighted by Crippen LogP contribution is -3.27. The largest absolute Gasteiger partial charge is 0.459 e. The predicted molar refractivity (Wildman–Crippen MR) is 102 cm³/mol. The van der Waals surface area contributed by atoms with E-state index < -0.39 is 0 Å². The van der Waals surface area contributed by atoms with Gasteiger partial charge in [0.2, 0.25) is 0 Å². The van der Waals surface area contributed by atoms with Gasteiger partial charge in [0, 0.05) is 4.88 Å². The van der Waals surface area contributed by atoms with Crippen molar-refractivity contribution in [2.45, 2.75) is 45.6 Å². The minimum Gasteiger partial charge on any atom is -0.459 e. The molecular weight excluding hydrogens is 350 g/mol. The van der Waals surface area contributed by atoms with Crippen LogP contribution in [0.5, 0.6) is 0 Å². The summed E-state index contributed by atoms with van der Waals surface area (Å²) in [6.07, 6.45) is 3.96. The molecule has 0 bridgehead atoms. The van der Waals surface area contributed by atoms with Crippen molar-refractivity contribution in [2.24, 2.45) is 0 Å². The van der Waals surface area contributed by atoms with E-state index in [0.29, 0.717) is 17.1 Å². The first-order valence-electron chi connectivity index (χ1n) is 9.74. The molecule has 1 aromatic rings. The van der Waals surface area contributed by atoms with Crippen LogP contribution in [0.2, 0.25) is 0 Å². The summed E-state index contributed by atoms with van der Waals surface area (Å²) >= 11 is 1.56. The molecular formula is C19H31N3O3S+2. The molecule has 0 radical (unpaired) electrons. The molecule has 0 aromatic carbocycles. The molecule has 0 spiro atoms. The number of carbonyl (C=O) groups is 2. The zero-order valence-corrected chi connectivity index (χ0v) is 16.9. The molecule has 144 valence electrons. The second-order valence-corrected chi connectivity index (χ2v) is 8.91. The highest BCUT2D eigenvalue weighted by Gasteiger charge is 2.29. The number of hydrogen-bond acceptors (Lipinski definition) is 4. The van der Waals surface area contributed by atoms with Crippen LogP contribution in [0.1, 0.15) is 47.5 Å². The van der Waals surface area contributed by atoms with Crippen molar-refractivity contribution in [3.8, 4) is 0 Å². The van der Waals surface area contributed by atoms with Gasteiger partial charge in [0.15, 0.2) is 6.54 Å². The lowest BCUT2D eigenvalue weighted by molar-refractivity contribution is -0.999. The second-order valence-electron chi connectivity index (χ2n) is 7.80. The molecule has 0 saturated carbocycles. The minimum atomic E-state index is -0.301. The first-order valence-corrected chi connectivity index (χ1v) is 10.6. The summed E-state index contributed by atoms with van der Waals surface area (Å²) in [6, 6.07) is 0. The fraction of sp³-hybridized carbons (Fsp3) is 0.684. The number of likely N-dealkylation sites (N-methyl/N-ethyl adjacent to an activating group) is 1. The minimum absolute atomic E-state index is 0.00301. The van der Waals surface area contributed by atoms with E-state index in [4.69, 9.17) is 4.74 Å². The molecule has 0 unspecified atom stereocenters. The zero-order valence-electron chi connectivity index (χ0n) is 16.1. The van der Waals surface area contributed by atoms with Gasteiger partial charge in [0.25, 0.3) is 5.91 Å². The lowest BCUT2D eigenvalue weighted by Gasteiger charge is -2.26. The van der Waals surface area contributed by atoms with Crippen molar-refractivity contribution in [1.82, 2.24) is 0 Å². The Balaban J connectivity index is 1.73. The third kappa shape index (κ3) is 4.64. The van der Waals surface area contributed by atoms with Crippen LogP contribution < -0.4 is 15.1 Å². The van der Waals surface area contributed by atoms with E-state index in [-0.39, 0.29) is 18.0 Å². The van der Waals surface area contributed by atoms with Gasteiger partial charge >= 0.3 is 5.97 Å². The van der Waals surface area contributed by atoms with Crippen molar-refractivity contribution in [2.75, 3.05) is 45.1 Å². The number of ether oxygens (including phenoxy) is 1. The molecule has 3 N–H and O–H groups in total. The summed E-state index contributed by atoms with van der Waals surface area (Å²) in [7, 11) is 2.19. The fourth-order valence-electron chi connectivity index (χ4n) is 3.75. The Morgan fingerprint density at radius 2 is 1.85 bits per heavy atom. The number of hydrogen-bond donors (Lipinski definition) is 3. The average Bonchev–Trinajstić information content (AvgIpc) is 2.94. The molecule has 7 heteroatoms. The molecule has 26 heavy (non-hydrogen) atoms. The molecule has 2 aliphatic rings. The van der Waals surface area contributed by atoms with Gasteiger partial charge in [-0.3, -0.25) is 4.79 Å². The first kappa shape index (κ1) is 19.3. The normalized spacial score (nSPS) is 22.8. The summed E-state index contributed by atoms with van der Waals surface area (Å²) in [5, 5.41) is 3.72. The smallest absolute Gasteiger partial charge is 0.341 e. The summed E-state index contributed by atoms with van der Waals surface area (Å²) in [5.41, 5.74) is 1.70. The van der Waals surface area contributed by atoms with Crippen LogP contribution in [0.25, 0.3) is 0 Å². The number of rotatable bonds is 5. The summed E-state index contributed by atoms with van der Waals surface area (Å²) in [4.78, 5) is 29.3. The predicted octanol–water partition coefficient (Wildman–Crippen LogP) is -0.456. The SMILES string of the molecule is CC(C)OC(=O)c1c(NC(=O)C[NH+]2CC[NH+](C)CC2)sc2c1CCCC2. The number of anilines is 1. The van der Waals surface area contributed by atoms with Crippen LogP contribution in [-0.2, 0) is 22.4 Å². The molecule has 1 amide bonds. The zero-order chi connectivity index (χ0) is 18.7. The van der Waals surface area contributed by atoms with Crippen LogP contribution in [0.3, 0.4) is 0 Å². The van der Waals surface area contributed by atoms with E-state index in [1.807, 2.05) is 13.8 Å². The van der Waals surface area contributed by atoms with Crippen LogP contribution in [-0.4, -0.2) is 57.8 Å². The van der Waals surface area contributed by atoms with Crippen LogP contribution in [0.15, 0.2) is 0 Å². The number of aryl methyl sites for hydroxylation is 1. The van der Waals surface area contributed by atoms with E-state index >= 15 is 0 Å². The number of amides is 1. The van der Waals surface area contributed by atoms with E-state index in [0.717, 1.165) is 57.4 Å². The Hall–Kier alpha value is -1.44. The van der Waals surface area contributed by atoms with E-state index in [2.05, 4.69) is 12.4 Å². The van der Waals surface area contributed by atoms with Crippen molar-refractivity contribution in [3.63, 3.8) is 0 Å². The van der Waals surface area contributed by atoms with Gasteiger partial charge < -0.3 is 19.9 Å². The standard InChI is InChI=1S/C19H29N3O3S/c1-13(2)25-19(24)17-14-6-4-5-7-15(14)26-18(17)20-16(23)12-22-10-8-21(3)9-11-22/h13H,4-12H2,1-3H3,(H,20,23)/p+2. The maximum Gasteiger partial charge on any atom is 0.341 e. The second kappa shape index (κ2) is 8.50. The molecule has 6 nitrogen and oxygen atoms in total. The van der Waals surface area contributed by atoms with Crippen molar-refractivity contribution >= 4 is 28.2 Å². The highest BCUT2D eigenvalue weighted by Crippen LogP contribution is 2.38. The molecule has 3 rings (SSSR count). The number of carbonyl (C=O) groups excluding carboxylic acids is 2. The molecule has 1 aromatic heterocycles. The van der Waals surface area contributed by atoms with Gasteiger partial charge in [-0.1, -0.05) is 0 Å². The molecule has 1 saturated heterocycles. The van der Waals surface area contributed by atoms with Gasteiger partial charge in [0.1, 0.15) is 31.2 Å². The van der Waals surface area contributed by atoms with Crippen LogP contribution in [0.4, 0.5) is 5.00 Å². The Labute approximate surface area is 159 Å². The van der Waals surface area contributed by atoms with E-state index in [9.17, 15) is 9.59 Å². The quantitative estimate of drug-likeness (QED) is 0.605. The molecule has 2 heterocycles. The summed E-state index contributed by atoms with van der Waals surface area (Å²) < 4.78 is 5.45. The molecule has 1 aliphatic carbocycles. The first-order chi connectivity index (χ1) is 12.4. The number of thiophene rings is 1. The number of quaternary nitrogens is 2. The van der Waals surface area contributed by atoms with Gasteiger partial charge in [-0.15, -0.1) is 11.3 Å². The average molecular weight is 382 g/mol. The Bertz CT molecular complexity index is 663. The summed E-state index contributed by atoms with van der Waals surface area (Å²) in [6.45, 7) is 8.41.